The van der Waals surface area contributed by atoms with Gasteiger partial charge in [0.15, 0.2) is 11.5 Å². The third-order valence-corrected chi connectivity index (χ3v) is 6.53. The number of aromatic carboxylic acids is 1. The van der Waals surface area contributed by atoms with Gasteiger partial charge >= 0.3 is 11.9 Å². The lowest BCUT2D eigenvalue weighted by molar-refractivity contribution is -0.140. The molecule has 0 spiro atoms. The summed E-state index contributed by atoms with van der Waals surface area (Å²) in [6.07, 6.45) is 0.0130. The normalized spacial score (nSPS) is 11.7. The summed E-state index contributed by atoms with van der Waals surface area (Å²) in [6, 6.07) is 15.1. The van der Waals surface area contributed by atoms with Gasteiger partial charge in [-0.1, -0.05) is 24.3 Å². The molecule has 39 heavy (non-hydrogen) atoms. The first-order valence-corrected chi connectivity index (χ1v) is 12.0. The molecule has 2 aromatic carbocycles. The van der Waals surface area contributed by atoms with Crippen molar-refractivity contribution >= 4 is 11.9 Å². The van der Waals surface area contributed by atoms with Crippen LogP contribution in [0.25, 0.3) is 11.3 Å². The minimum Gasteiger partial charge on any atom is -0.507 e. The van der Waals surface area contributed by atoms with E-state index in [1.807, 2.05) is 0 Å². The number of methoxy groups -OCH3 is 1. The highest BCUT2D eigenvalue weighted by Gasteiger charge is 2.29. The minimum absolute atomic E-state index is 0.0173. The summed E-state index contributed by atoms with van der Waals surface area (Å²) < 4.78 is 12.2. The number of carbonyl (C=O) groups is 2. The maximum Gasteiger partial charge on any atom is 0.336 e. The Morgan fingerprint density at radius 3 is 2.41 bits per heavy atom. The molecule has 1 atom stereocenters. The van der Waals surface area contributed by atoms with E-state index in [9.17, 15) is 34.8 Å². The van der Waals surface area contributed by atoms with Crippen molar-refractivity contribution < 1.29 is 39.2 Å². The second-order valence-corrected chi connectivity index (χ2v) is 9.00. The molecule has 202 valence electrons. The zero-order valence-corrected chi connectivity index (χ0v) is 21.2. The van der Waals surface area contributed by atoms with Crippen LogP contribution in [0.5, 0.6) is 17.2 Å². The van der Waals surface area contributed by atoms with Crippen LogP contribution in [0.3, 0.4) is 0 Å². The zero-order chi connectivity index (χ0) is 28.3. The van der Waals surface area contributed by atoms with Crippen molar-refractivity contribution in [3.05, 3.63) is 99.2 Å². The molecule has 2 aromatic heterocycles. The van der Waals surface area contributed by atoms with Crippen LogP contribution in [-0.2, 0) is 22.5 Å². The van der Waals surface area contributed by atoms with Gasteiger partial charge in [-0.05, 0) is 55.3 Å². The Balaban J connectivity index is 1.76. The highest BCUT2D eigenvalue weighted by atomic mass is 16.5. The summed E-state index contributed by atoms with van der Waals surface area (Å²) in [7, 11) is 1.20. The number of nitrogens with zero attached hydrogens (tertiary/aromatic N) is 1. The van der Waals surface area contributed by atoms with Crippen molar-refractivity contribution in [2.45, 2.75) is 32.2 Å². The fraction of sp³-hybridized carbons (Fsp3) is 0.207. The molecule has 0 aliphatic heterocycles. The molecule has 4 N–H and O–H groups in total. The Morgan fingerprint density at radius 1 is 0.974 bits per heavy atom. The van der Waals surface area contributed by atoms with Crippen LogP contribution in [0.1, 0.15) is 45.3 Å². The zero-order valence-electron chi connectivity index (χ0n) is 21.2. The van der Waals surface area contributed by atoms with Crippen LogP contribution in [0.2, 0.25) is 0 Å². The number of ether oxygens (including phenoxy) is 1. The molecule has 0 saturated heterocycles. The van der Waals surface area contributed by atoms with Gasteiger partial charge in [-0.15, -0.1) is 0 Å². The summed E-state index contributed by atoms with van der Waals surface area (Å²) in [5, 5.41) is 39.8. The molecule has 0 saturated carbocycles. The first kappa shape index (κ1) is 27.1. The van der Waals surface area contributed by atoms with E-state index < -0.39 is 23.4 Å². The first-order chi connectivity index (χ1) is 18.6. The highest BCUT2D eigenvalue weighted by Crippen LogP contribution is 2.36. The van der Waals surface area contributed by atoms with E-state index in [1.165, 1.54) is 42.0 Å². The number of aryl methyl sites for hydroxylation is 2. The lowest BCUT2D eigenvalue weighted by atomic mass is 9.93. The van der Waals surface area contributed by atoms with E-state index in [1.54, 1.807) is 37.3 Å². The number of carbonyl (C=O) groups excluding carboxylic acids is 1. The SMILES string of the molecule is COC(=O)C[C@@H](c1ccc(-c2ccccc2C(=O)O)o1)c1c(O)cc(C)n(CCc2ccc(O)c(O)c2)c1=O. The van der Waals surface area contributed by atoms with E-state index in [4.69, 9.17) is 9.15 Å². The number of phenolic OH excluding ortho intramolecular Hbond substituents is 2. The molecule has 4 rings (SSSR count). The van der Waals surface area contributed by atoms with Crippen molar-refractivity contribution in [3.63, 3.8) is 0 Å². The maximum absolute atomic E-state index is 13.7. The molecule has 0 aliphatic rings. The van der Waals surface area contributed by atoms with Crippen LogP contribution < -0.4 is 5.56 Å². The number of benzene rings is 2. The number of furan rings is 1. The van der Waals surface area contributed by atoms with Crippen LogP contribution >= 0.6 is 0 Å². The van der Waals surface area contributed by atoms with E-state index >= 15 is 0 Å². The molecule has 10 heteroatoms. The van der Waals surface area contributed by atoms with E-state index in [0.717, 1.165) is 0 Å². The Kier molecular flexibility index (Phi) is 7.75. The number of carboxylic acids is 1. The average Bonchev–Trinajstić information content (AvgIpc) is 3.39. The van der Waals surface area contributed by atoms with Crippen LogP contribution in [0.15, 0.2) is 69.9 Å². The molecule has 2 heterocycles. The molecule has 0 aliphatic carbocycles. The summed E-state index contributed by atoms with van der Waals surface area (Å²) in [5.41, 5.74) is 0.849. The summed E-state index contributed by atoms with van der Waals surface area (Å²) in [4.78, 5) is 37.8. The van der Waals surface area contributed by atoms with Crippen molar-refractivity contribution in [2.24, 2.45) is 0 Å². The fourth-order valence-corrected chi connectivity index (χ4v) is 4.50. The molecule has 0 amide bonds. The topological polar surface area (TPSA) is 159 Å². The second-order valence-electron chi connectivity index (χ2n) is 9.00. The molecular formula is C29H27NO9. The van der Waals surface area contributed by atoms with Gasteiger partial charge in [0.1, 0.15) is 17.3 Å². The number of carboxylic acid groups (broad SMARTS) is 1. The second kappa shape index (κ2) is 11.2. The smallest absolute Gasteiger partial charge is 0.336 e. The highest BCUT2D eigenvalue weighted by molar-refractivity contribution is 5.95. The van der Waals surface area contributed by atoms with Gasteiger partial charge in [-0.3, -0.25) is 9.59 Å². The quantitative estimate of drug-likeness (QED) is 0.183. The third-order valence-electron chi connectivity index (χ3n) is 6.53. The van der Waals surface area contributed by atoms with Gasteiger partial charge in [-0.25, -0.2) is 4.79 Å². The van der Waals surface area contributed by atoms with Gasteiger partial charge in [0.2, 0.25) is 0 Å². The Labute approximate surface area is 223 Å². The van der Waals surface area contributed by atoms with Crippen LogP contribution in [0, 0.1) is 6.92 Å². The van der Waals surface area contributed by atoms with Crippen molar-refractivity contribution in [1.29, 1.82) is 0 Å². The van der Waals surface area contributed by atoms with E-state index in [0.29, 0.717) is 23.2 Å². The molecule has 0 unspecified atom stereocenters. The number of phenols is 2. The standard InChI is InChI=1S/C29H27NO9/c1-16-13-23(33)27(28(35)30(16)12-11-17-7-8-21(31)22(32)14-17)20(15-26(34)38-2)25-10-9-24(39-25)18-5-3-4-6-19(18)29(36)37/h3-10,13-14,20,31-33H,11-12,15H2,1-2H3,(H,36,37)/t20-/m0/s1. The van der Waals surface area contributed by atoms with Gasteiger partial charge in [-0.2, -0.15) is 0 Å². The number of aromatic hydroxyl groups is 3. The summed E-state index contributed by atoms with van der Waals surface area (Å²) in [5.74, 6) is -3.29. The Morgan fingerprint density at radius 2 is 1.72 bits per heavy atom. The number of aromatic nitrogens is 1. The average molecular weight is 534 g/mol. The fourth-order valence-electron chi connectivity index (χ4n) is 4.50. The van der Waals surface area contributed by atoms with E-state index in [-0.39, 0.29) is 52.9 Å². The maximum atomic E-state index is 13.7. The number of hydrogen-bond acceptors (Lipinski definition) is 8. The first-order valence-electron chi connectivity index (χ1n) is 12.0. The van der Waals surface area contributed by atoms with Gasteiger partial charge in [0.05, 0.1) is 30.6 Å². The minimum atomic E-state index is -1.14. The van der Waals surface area contributed by atoms with Gasteiger partial charge < -0.3 is 34.1 Å². The van der Waals surface area contributed by atoms with Crippen LogP contribution in [-0.4, -0.2) is 44.0 Å². The number of rotatable bonds is 9. The number of esters is 1. The lowest BCUT2D eigenvalue weighted by Gasteiger charge is -2.19. The predicted octanol–water partition coefficient (Wildman–Crippen LogP) is 4.17. The summed E-state index contributed by atoms with van der Waals surface area (Å²) >= 11 is 0. The Bertz CT molecular complexity index is 1600. The summed E-state index contributed by atoms with van der Waals surface area (Å²) in [6.45, 7) is 1.84. The largest absolute Gasteiger partial charge is 0.507 e. The number of hydrogen-bond donors (Lipinski definition) is 4. The molecule has 0 fully saturated rings. The van der Waals surface area contributed by atoms with Crippen molar-refractivity contribution in [1.82, 2.24) is 4.57 Å². The van der Waals surface area contributed by atoms with Crippen molar-refractivity contribution in [3.8, 4) is 28.6 Å². The Hall–Kier alpha value is -4.99. The van der Waals surface area contributed by atoms with Crippen LogP contribution in [0.4, 0.5) is 0 Å². The number of pyridine rings is 1. The molecule has 4 aromatic rings. The van der Waals surface area contributed by atoms with E-state index in [2.05, 4.69) is 0 Å². The van der Waals surface area contributed by atoms with Gasteiger partial charge in [0.25, 0.3) is 5.56 Å². The van der Waals surface area contributed by atoms with Gasteiger partial charge in [0, 0.05) is 17.8 Å². The molecule has 10 nitrogen and oxygen atoms in total. The molecule has 0 bridgehead atoms. The van der Waals surface area contributed by atoms with Crippen molar-refractivity contribution in [2.75, 3.05) is 7.11 Å². The monoisotopic (exact) mass is 533 g/mol. The lowest BCUT2D eigenvalue weighted by Crippen LogP contribution is -2.29. The predicted molar refractivity (Wildman–Crippen MR) is 140 cm³/mol. The molecular weight excluding hydrogens is 506 g/mol. The third kappa shape index (κ3) is 5.64. The molecule has 0 radical (unpaired) electrons.